The highest BCUT2D eigenvalue weighted by atomic mass is 16.5. The maximum Gasteiger partial charge on any atom is 0.190 e. The van der Waals surface area contributed by atoms with Crippen LogP contribution in [0.15, 0.2) is 65.7 Å². The highest BCUT2D eigenvalue weighted by Crippen LogP contribution is 2.20. The first-order chi connectivity index (χ1) is 13.8. The van der Waals surface area contributed by atoms with Crippen molar-refractivity contribution in [1.82, 2.24) is 10.6 Å². The van der Waals surface area contributed by atoms with Gasteiger partial charge in [-0.1, -0.05) is 60.7 Å². The predicted octanol–water partition coefficient (Wildman–Crippen LogP) is 3.23. The molecule has 0 fully saturated rings. The van der Waals surface area contributed by atoms with Crippen molar-refractivity contribution in [3.63, 3.8) is 0 Å². The monoisotopic (exact) mass is 383 g/mol. The number of nitrogens with one attached hydrogen (secondary N) is 2. The summed E-state index contributed by atoms with van der Waals surface area (Å²) >= 11 is 0. The quantitative estimate of drug-likeness (QED) is 0.336. The van der Waals surface area contributed by atoms with Gasteiger partial charge in [-0.05, 0) is 24.0 Å². The van der Waals surface area contributed by atoms with Crippen molar-refractivity contribution in [1.29, 1.82) is 0 Å². The molecule has 0 heterocycles. The molecule has 0 aliphatic rings. The lowest BCUT2D eigenvalue weighted by atomic mass is 9.92. The number of nitrogens with zero attached hydrogens (tertiary/aromatic N) is 1. The van der Waals surface area contributed by atoms with Gasteiger partial charge in [0, 0.05) is 39.8 Å². The maximum absolute atomic E-state index is 5.49. The van der Waals surface area contributed by atoms with Gasteiger partial charge in [0.15, 0.2) is 5.96 Å². The predicted molar refractivity (Wildman–Crippen MR) is 116 cm³/mol. The third-order valence-electron chi connectivity index (χ3n) is 4.53. The summed E-state index contributed by atoms with van der Waals surface area (Å²) in [5.74, 6) is 1.20. The number of rotatable bonds is 12. The third kappa shape index (κ3) is 8.55. The van der Waals surface area contributed by atoms with Crippen molar-refractivity contribution < 1.29 is 9.47 Å². The molecular weight excluding hydrogens is 350 g/mol. The molecule has 0 spiro atoms. The van der Waals surface area contributed by atoms with Gasteiger partial charge in [0.2, 0.25) is 0 Å². The zero-order valence-electron chi connectivity index (χ0n) is 17.1. The van der Waals surface area contributed by atoms with E-state index in [2.05, 4.69) is 76.3 Å². The van der Waals surface area contributed by atoms with E-state index in [0.717, 1.165) is 31.9 Å². The molecule has 0 aliphatic carbocycles. The Morgan fingerprint density at radius 3 is 2.32 bits per heavy atom. The van der Waals surface area contributed by atoms with Crippen LogP contribution in [0, 0.1) is 0 Å². The van der Waals surface area contributed by atoms with Gasteiger partial charge in [0.1, 0.15) is 0 Å². The number of guanidine groups is 1. The fraction of sp³-hybridized carbons (Fsp3) is 0.435. The molecule has 2 aromatic carbocycles. The molecule has 0 bridgehead atoms. The van der Waals surface area contributed by atoms with Gasteiger partial charge in [-0.2, -0.15) is 0 Å². The number of hydrogen-bond donors (Lipinski definition) is 2. The van der Waals surface area contributed by atoms with E-state index in [1.165, 1.54) is 11.1 Å². The molecule has 0 radical (unpaired) electrons. The Labute approximate surface area is 169 Å². The summed E-state index contributed by atoms with van der Waals surface area (Å²) in [5.41, 5.74) is 2.68. The molecule has 0 aliphatic heterocycles. The first-order valence-corrected chi connectivity index (χ1v) is 9.93. The highest BCUT2D eigenvalue weighted by Gasteiger charge is 2.13. The summed E-state index contributed by atoms with van der Waals surface area (Å²) in [6, 6.07) is 21.3. The Balaban J connectivity index is 1.82. The van der Waals surface area contributed by atoms with E-state index >= 15 is 0 Å². The number of methoxy groups -OCH3 is 1. The fourth-order valence-corrected chi connectivity index (χ4v) is 3.00. The summed E-state index contributed by atoms with van der Waals surface area (Å²) < 4.78 is 10.5. The normalized spacial score (nSPS) is 12.6. The fourth-order valence-electron chi connectivity index (χ4n) is 3.00. The van der Waals surface area contributed by atoms with Gasteiger partial charge in [-0.25, -0.2) is 0 Å². The second-order valence-corrected chi connectivity index (χ2v) is 6.64. The summed E-state index contributed by atoms with van der Waals surface area (Å²) in [6.45, 7) is 3.64. The van der Waals surface area contributed by atoms with Crippen LogP contribution in [0.5, 0.6) is 0 Å². The third-order valence-corrected chi connectivity index (χ3v) is 4.53. The lowest BCUT2D eigenvalue weighted by Crippen LogP contribution is -2.40. The Kier molecular flexibility index (Phi) is 10.8. The molecule has 5 nitrogen and oxygen atoms in total. The van der Waals surface area contributed by atoms with Crippen LogP contribution in [0.3, 0.4) is 0 Å². The summed E-state index contributed by atoms with van der Waals surface area (Å²) in [4.78, 5) is 4.34. The first-order valence-electron chi connectivity index (χ1n) is 9.93. The van der Waals surface area contributed by atoms with Gasteiger partial charge in [-0.15, -0.1) is 0 Å². The van der Waals surface area contributed by atoms with Crippen LogP contribution < -0.4 is 10.6 Å². The van der Waals surface area contributed by atoms with Crippen LogP contribution in [-0.4, -0.2) is 53.0 Å². The maximum atomic E-state index is 5.49. The van der Waals surface area contributed by atoms with Crippen LogP contribution in [0.2, 0.25) is 0 Å². The summed E-state index contributed by atoms with van der Waals surface area (Å²) in [6.07, 6.45) is 1.92. The molecule has 5 heteroatoms. The Hall–Kier alpha value is -2.37. The minimum Gasteiger partial charge on any atom is -0.382 e. The van der Waals surface area contributed by atoms with Crippen molar-refractivity contribution >= 4 is 5.96 Å². The van der Waals surface area contributed by atoms with E-state index < -0.39 is 0 Å². The number of ether oxygens (including phenoxy) is 2. The SMILES string of the molecule is CN=C(NCCCOCCOC)NCC(Cc1ccccc1)c1ccccc1. The lowest BCUT2D eigenvalue weighted by molar-refractivity contribution is 0.0698. The van der Waals surface area contributed by atoms with E-state index in [1.54, 1.807) is 14.2 Å². The summed E-state index contributed by atoms with van der Waals surface area (Å²) in [7, 11) is 3.49. The largest absolute Gasteiger partial charge is 0.382 e. The van der Waals surface area contributed by atoms with Gasteiger partial charge in [-0.3, -0.25) is 4.99 Å². The van der Waals surface area contributed by atoms with Gasteiger partial charge in [0.05, 0.1) is 13.2 Å². The van der Waals surface area contributed by atoms with Crippen molar-refractivity contribution in [2.45, 2.75) is 18.8 Å². The number of hydrogen-bond acceptors (Lipinski definition) is 3. The molecule has 2 rings (SSSR count). The minimum absolute atomic E-state index is 0.375. The average molecular weight is 384 g/mol. The van der Waals surface area contributed by atoms with Crippen molar-refractivity contribution in [2.24, 2.45) is 4.99 Å². The number of aliphatic imine (C=N–C) groups is 1. The standard InChI is InChI=1S/C23H33N3O2/c1-24-23(25-14-9-15-28-17-16-27-2)26-19-22(21-12-7-4-8-13-21)18-20-10-5-3-6-11-20/h3-8,10-13,22H,9,14-19H2,1-2H3,(H2,24,25,26). The van der Waals surface area contributed by atoms with Crippen LogP contribution >= 0.6 is 0 Å². The molecule has 0 aromatic heterocycles. The Bertz CT molecular complexity index is 662. The lowest BCUT2D eigenvalue weighted by Gasteiger charge is -2.20. The van der Waals surface area contributed by atoms with Crippen LogP contribution in [0.1, 0.15) is 23.5 Å². The molecule has 1 atom stereocenters. The van der Waals surface area contributed by atoms with Crippen LogP contribution in [-0.2, 0) is 15.9 Å². The molecule has 2 aromatic rings. The molecule has 152 valence electrons. The Morgan fingerprint density at radius 2 is 1.64 bits per heavy atom. The zero-order valence-corrected chi connectivity index (χ0v) is 17.1. The zero-order chi connectivity index (χ0) is 19.9. The second kappa shape index (κ2) is 13.7. The summed E-state index contributed by atoms with van der Waals surface area (Å²) in [5, 5.41) is 6.84. The van der Waals surface area contributed by atoms with Gasteiger partial charge < -0.3 is 20.1 Å². The minimum atomic E-state index is 0.375. The topological polar surface area (TPSA) is 54.9 Å². The molecule has 1 unspecified atom stereocenters. The molecule has 2 N–H and O–H groups in total. The van der Waals surface area contributed by atoms with Crippen LogP contribution in [0.25, 0.3) is 0 Å². The highest BCUT2D eigenvalue weighted by molar-refractivity contribution is 5.79. The van der Waals surface area contributed by atoms with E-state index in [-0.39, 0.29) is 0 Å². The van der Waals surface area contributed by atoms with E-state index in [4.69, 9.17) is 9.47 Å². The van der Waals surface area contributed by atoms with Crippen molar-refractivity contribution in [3.8, 4) is 0 Å². The van der Waals surface area contributed by atoms with Crippen molar-refractivity contribution in [2.75, 3.05) is 47.1 Å². The average Bonchev–Trinajstić information content (AvgIpc) is 2.75. The molecule has 28 heavy (non-hydrogen) atoms. The first kappa shape index (κ1) is 21.9. The van der Waals surface area contributed by atoms with E-state index in [1.807, 2.05) is 0 Å². The molecular formula is C23H33N3O2. The van der Waals surface area contributed by atoms with Crippen LogP contribution in [0.4, 0.5) is 0 Å². The second-order valence-electron chi connectivity index (χ2n) is 6.64. The Morgan fingerprint density at radius 1 is 0.929 bits per heavy atom. The van der Waals surface area contributed by atoms with E-state index in [0.29, 0.717) is 25.7 Å². The van der Waals surface area contributed by atoms with Gasteiger partial charge in [0.25, 0.3) is 0 Å². The molecule has 0 saturated carbocycles. The molecule has 0 saturated heterocycles. The molecule has 0 amide bonds. The van der Waals surface area contributed by atoms with Gasteiger partial charge >= 0.3 is 0 Å². The van der Waals surface area contributed by atoms with Crippen molar-refractivity contribution in [3.05, 3.63) is 71.8 Å². The smallest absolute Gasteiger partial charge is 0.190 e. The number of benzene rings is 2. The van der Waals surface area contributed by atoms with E-state index in [9.17, 15) is 0 Å².